The summed E-state index contributed by atoms with van der Waals surface area (Å²) in [6.07, 6.45) is 0. The number of H-pyrrole nitrogens is 1. The van der Waals surface area contributed by atoms with Gasteiger partial charge in [0, 0.05) is 5.56 Å². The van der Waals surface area contributed by atoms with Gasteiger partial charge in [-0.1, -0.05) is 47.7 Å². The highest BCUT2D eigenvalue weighted by atomic mass is 32.2. The lowest BCUT2D eigenvalue weighted by Gasteiger charge is -2.06. The number of aryl methyl sites for hydroxylation is 2. The average molecular weight is 356 g/mol. The standard InChI is InChI=1S/C18H17FN4OS/c1-11-3-6-13(7-4-11)17-21-18(23-22-17)25-10-16(24)20-15-8-5-12(2)9-14(15)19/h3-9H,10H2,1-2H3,(H,20,24)(H,21,22,23). The average Bonchev–Trinajstić information content (AvgIpc) is 3.05. The van der Waals surface area contributed by atoms with Gasteiger partial charge in [-0.25, -0.2) is 4.39 Å². The van der Waals surface area contributed by atoms with Gasteiger partial charge in [0.25, 0.3) is 0 Å². The smallest absolute Gasteiger partial charge is 0.234 e. The molecule has 128 valence electrons. The fraction of sp³-hybridized carbons (Fsp3) is 0.167. The topological polar surface area (TPSA) is 70.7 Å². The number of aromatic amines is 1. The minimum Gasteiger partial charge on any atom is -0.323 e. The van der Waals surface area contributed by atoms with Crippen molar-refractivity contribution in [1.29, 1.82) is 0 Å². The van der Waals surface area contributed by atoms with Crippen LogP contribution >= 0.6 is 11.8 Å². The molecule has 0 radical (unpaired) electrons. The molecular formula is C18H17FN4OS. The molecule has 1 heterocycles. The predicted octanol–water partition coefficient (Wildman–Crippen LogP) is 3.96. The van der Waals surface area contributed by atoms with E-state index in [2.05, 4.69) is 20.5 Å². The molecule has 0 aliphatic carbocycles. The number of aromatic nitrogens is 3. The van der Waals surface area contributed by atoms with E-state index in [4.69, 9.17) is 0 Å². The monoisotopic (exact) mass is 356 g/mol. The van der Waals surface area contributed by atoms with Crippen LogP contribution in [0, 0.1) is 19.7 Å². The third kappa shape index (κ3) is 4.45. The molecule has 0 unspecified atom stereocenters. The summed E-state index contributed by atoms with van der Waals surface area (Å²) in [7, 11) is 0. The number of nitrogens with one attached hydrogen (secondary N) is 2. The number of thioether (sulfide) groups is 1. The Hall–Kier alpha value is -2.67. The second kappa shape index (κ2) is 7.48. The second-order valence-corrected chi connectivity index (χ2v) is 6.63. The molecule has 3 rings (SSSR count). The summed E-state index contributed by atoms with van der Waals surface area (Å²) < 4.78 is 13.7. The van der Waals surface area contributed by atoms with Gasteiger partial charge in [0.1, 0.15) is 5.82 Å². The Morgan fingerprint density at radius 1 is 1.12 bits per heavy atom. The van der Waals surface area contributed by atoms with Gasteiger partial charge in [-0.3, -0.25) is 4.79 Å². The Kier molecular flexibility index (Phi) is 5.14. The zero-order valence-electron chi connectivity index (χ0n) is 13.8. The molecule has 0 saturated heterocycles. The van der Waals surface area contributed by atoms with E-state index in [1.165, 1.54) is 17.8 Å². The molecule has 0 bridgehead atoms. The molecule has 0 aliphatic heterocycles. The molecule has 7 heteroatoms. The molecule has 3 aromatic rings. The molecule has 2 N–H and O–H groups in total. The number of benzene rings is 2. The summed E-state index contributed by atoms with van der Waals surface area (Å²) in [5.41, 5.74) is 3.07. The SMILES string of the molecule is Cc1ccc(-c2nnc(SCC(=O)Nc3ccc(C)cc3F)[nH]2)cc1. The molecule has 0 atom stereocenters. The van der Waals surface area contributed by atoms with Gasteiger partial charge in [0.15, 0.2) is 11.0 Å². The largest absolute Gasteiger partial charge is 0.323 e. The van der Waals surface area contributed by atoms with Gasteiger partial charge >= 0.3 is 0 Å². The normalized spacial score (nSPS) is 10.7. The number of carbonyl (C=O) groups is 1. The first kappa shape index (κ1) is 17.2. The lowest BCUT2D eigenvalue weighted by molar-refractivity contribution is -0.113. The Morgan fingerprint density at radius 3 is 2.56 bits per heavy atom. The van der Waals surface area contributed by atoms with Crippen LogP contribution in [0.25, 0.3) is 11.4 Å². The summed E-state index contributed by atoms with van der Waals surface area (Å²) in [5, 5.41) is 11.2. The summed E-state index contributed by atoms with van der Waals surface area (Å²) in [6, 6.07) is 12.6. The van der Waals surface area contributed by atoms with Crippen molar-refractivity contribution in [2.75, 3.05) is 11.1 Å². The highest BCUT2D eigenvalue weighted by molar-refractivity contribution is 7.99. The first-order valence-corrected chi connectivity index (χ1v) is 8.68. The van der Waals surface area contributed by atoms with Crippen LogP contribution in [0.5, 0.6) is 0 Å². The van der Waals surface area contributed by atoms with Crippen molar-refractivity contribution < 1.29 is 9.18 Å². The van der Waals surface area contributed by atoms with Crippen LogP contribution < -0.4 is 5.32 Å². The van der Waals surface area contributed by atoms with Gasteiger partial charge in [-0.2, -0.15) is 0 Å². The van der Waals surface area contributed by atoms with E-state index >= 15 is 0 Å². The maximum absolute atomic E-state index is 13.7. The predicted molar refractivity (Wildman–Crippen MR) is 97.0 cm³/mol. The van der Waals surface area contributed by atoms with Crippen molar-refractivity contribution in [2.45, 2.75) is 19.0 Å². The van der Waals surface area contributed by atoms with Crippen LogP contribution in [0.3, 0.4) is 0 Å². The highest BCUT2D eigenvalue weighted by Gasteiger charge is 2.10. The minimum absolute atomic E-state index is 0.107. The van der Waals surface area contributed by atoms with E-state index in [0.29, 0.717) is 11.0 Å². The first-order chi connectivity index (χ1) is 12.0. The van der Waals surface area contributed by atoms with Crippen molar-refractivity contribution in [3.05, 3.63) is 59.4 Å². The Bertz CT molecular complexity index is 892. The van der Waals surface area contributed by atoms with Crippen LogP contribution in [0.15, 0.2) is 47.6 Å². The third-order valence-electron chi connectivity index (χ3n) is 3.53. The maximum atomic E-state index is 13.7. The van der Waals surface area contributed by atoms with E-state index in [-0.39, 0.29) is 17.3 Å². The molecule has 0 aliphatic rings. The second-order valence-electron chi connectivity index (χ2n) is 5.66. The van der Waals surface area contributed by atoms with Gasteiger partial charge < -0.3 is 10.3 Å². The molecule has 5 nitrogen and oxygen atoms in total. The lowest BCUT2D eigenvalue weighted by Crippen LogP contribution is -2.15. The number of anilines is 1. The van der Waals surface area contributed by atoms with Gasteiger partial charge in [-0.15, -0.1) is 10.2 Å². The van der Waals surface area contributed by atoms with E-state index in [9.17, 15) is 9.18 Å². The van der Waals surface area contributed by atoms with Gasteiger partial charge in [0.2, 0.25) is 5.91 Å². The maximum Gasteiger partial charge on any atom is 0.234 e. The van der Waals surface area contributed by atoms with E-state index in [1.807, 2.05) is 31.2 Å². The number of halogens is 1. The van der Waals surface area contributed by atoms with Gasteiger partial charge in [0.05, 0.1) is 11.4 Å². The van der Waals surface area contributed by atoms with Crippen molar-refractivity contribution in [1.82, 2.24) is 15.2 Å². The number of carbonyl (C=O) groups excluding carboxylic acids is 1. The molecule has 2 aromatic carbocycles. The molecule has 25 heavy (non-hydrogen) atoms. The number of rotatable bonds is 5. The van der Waals surface area contributed by atoms with E-state index in [1.54, 1.807) is 19.1 Å². The molecule has 1 aromatic heterocycles. The lowest BCUT2D eigenvalue weighted by atomic mass is 10.1. The molecule has 1 amide bonds. The van der Waals surface area contributed by atoms with Crippen LogP contribution in [0.2, 0.25) is 0 Å². The van der Waals surface area contributed by atoms with E-state index in [0.717, 1.165) is 16.7 Å². The molecule has 0 saturated carbocycles. The van der Waals surface area contributed by atoms with Crippen LogP contribution in [-0.4, -0.2) is 26.8 Å². The Balaban J connectivity index is 1.58. The number of nitrogens with zero attached hydrogens (tertiary/aromatic N) is 2. The zero-order valence-corrected chi connectivity index (χ0v) is 14.7. The Morgan fingerprint density at radius 2 is 1.84 bits per heavy atom. The Labute approximate surface area is 149 Å². The van der Waals surface area contributed by atoms with E-state index < -0.39 is 5.82 Å². The summed E-state index contributed by atoms with van der Waals surface area (Å²) >= 11 is 1.21. The fourth-order valence-corrected chi connectivity index (χ4v) is 2.80. The summed E-state index contributed by atoms with van der Waals surface area (Å²) in [6.45, 7) is 3.81. The number of hydrogen-bond donors (Lipinski definition) is 2. The van der Waals surface area contributed by atoms with Gasteiger partial charge in [-0.05, 0) is 31.5 Å². The van der Waals surface area contributed by atoms with Crippen molar-refractivity contribution in [3.8, 4) is 11.4 Å². The van der Waals surface area contributed by atoms with Crippen molar-refractivity contribution in [3.63, 3.8) is 0 Å². The fourth-order valence-electron chi connectivity index (χ4n) is 2.19. The molecule has 0 spiro atoms. The molecular weight excluding hydrogens is 339 g/mol. The number of hydrogen-bond acceptors (Lipinski definition) is 4. The number of amides is 1. The van der Waals surface area contributed by atoms with Crippen LogP contribution in [0.1, 0.15) is 11.1 Å². The highest BCUT2D eigenvalue weighted by Crippen LogP contribution is 2.20. The van der Waals surface area contributed by atoms with Crippen LogP contribution in [-0.2, 0) is 4.79 Å². The van der Waals surface area contributed by atoms with Crippen molar-refractivity contribution >= 4 is 23.4 Å². The summed E-state index contributed by atoms with van der Waals surface area (Å²) in [5.74, 6) is 0.00347. The summed E-state index contributed by atoms with van der Waals surface area (Å²) in [4.78, 5) is 15.1. The molecule has 0 fully saturated rings. The van der Waals surface area contributed by atoms with Crippen molar-refractivity contribution in [2.24, 2.45) is 0 Å². The van der Waals surface area contributed by atoms with Crippen LogP contribution in [0.4, 0.5) is 10.1 Å². The quantitative estimate of drug-likeness (QED) is 0.679. The first-order valence-electron chi connectivity index (χ1n) is 7.70. The third-order valence-corrected chi connectivity index (χ3v) is 4.39. The zero-order chi connectivity index (χ0) is 17.8. The minimum atomic E-state index is -0.445.